The van der Waals surface area contributed by atoms with E-state index in [1.54, 1.807) is 60.9 Å². The van der Waals surface area contributed by atoms with E-state index in [4.69, 9.17) is 34.1 Å². The summed E-state index contributed by atoms with van der Waals surface area (Å²) in [6.07, 6.45) is 6.12. The summed E-state index contributed by atoms with van der Waals surface area (Å²) in [6, 6.07) is -4.36. The van der Waals surface area contributed by atoms with Gasteiger partial charge in [0.05, 0.1) is 26.0 Å². The minimum atomic E-state index is -1.84. The standard InChI is InChI=1S/C75H112N26O18S/c1-38(90-68(113)53(22-23-59(78)104)97-70(115)51(20-11-13-25-77)95-65(110)41(4)91-67(112)52(21-14-26-83-75(80)81)96-69(114)50(93-42(5)103)19-10-12-24-76)63(108)87-33-60(105)86-34-61(106)94-54(27-43-30-84-48-17-8-6-15-46(43)48)72(117)100-57(35-102)74(119)99-56(29-45-32-82-37-88-45)73(118)98-55(28-44-31-85-49-18-9-7-16-47(44)49)71(116)92-39(2)64(109)89-40(3)66(111)101-58(36-120)62(79)107/h6-9,15-18,30-32,37-41,50-58,84-85,102,120H,10-14,19-29,33-36,76-77H2,1-5H3,(H2,78,104)(H2,79,107)(H,82,88)(H,86,105)(H,87,108)(H,89,109)(H,90,113)(H,91,112)(H,92,116)(H,93,103)(H,94,106)(H,95,110)(H,96,114)(H,97,115)(H,98,118)(H,99,119)(H,100,117)(H,101,111)(H4,80,81,83)/t38-,39-,40-,41-,50-,51-,52-,53-,54-,55-,56-,57-,58-/m0/s1. The highest BCUT2D eigenvalue weighted by Gasteiger charge is 2.37. The number of hydrogen-bond donors (Lipinski definition) is 27. The molecule has 0 bridgehead atoms. The number of aliphatic hydroxyl groups excluding tert-OH is 1. The molecule has 0 unspecified atom stereocenters. The summed E-state index contributed by atoms with van der Waals surface area (Å²) in [6.45, 7) is 4.30. The van der Waals surface area contributed by atoms with Crippen LogP contribution >= 0.6 is 12.6 Å². The fraction of sp³-hybridized carbons (Fsp3) is 0.507. The van der Waals surface area contributed by atoms with Crippen molar-refractivity contribution < 1.29 is 86.6 Å². The number of guanidine groups is 1. The summed E-state index contributed by atoms with van der Waals surface area (Å²) < 4.78 is 0. The van der Waals surface area contributed by atoms with Crippen molar-refractivity contribution in [2.45, 2.75) is 197 Å². The highest BCUT2D eigenvalue weighted by molar-refractivity contribution is 7.80. The van der Waals surface area contributed by atoms with E-state index in [0.29, 0.717) is 64.4 Å². The summed E-state index contributed by atoms with van der Waals surface area (Å²) >= 11 is 4.02. The van der Waals surface area contributed by atoms with Crippen LogP contribution in [0.25, 0.3) is 21.8 Å². The van der Waals surface area contributed by atoms with E-state index >= 15 is 0 Å². The molecule has 0 fully saturated rings. The maximum Gasteiger partial charge on any atom is 0.245 e. The molecule has 31 N–H and O–H groups in total. The van der Waals surface area contributed by atoms with Crippen LogP contribution in [0, 0.1) is 5.41 Å². The van der Waals surface area contributed by atoms with Gasteiger partial charge in [-0.3, -0.25) is 86.9 Å². The molecule has 2 aromatic carbocycles. The van der Waals surface area contributed by atoms with Crippen molar-refractivity contribution in [1.29, 1.82) is 5.41 Å². The van der Waals surface area contributed by atoms with Crippen molar-refractivity contribution >= 4 is 141 Å². The Bertz CT molecular complexity index is 4390. The summed E-state index contributed by atoms with van der Waals surface area (Å²) in [4.78, 5) is 243. The third-order valence-corrected chi connectivity index (χ3v) is 19.1. The van der Waals surface area contributed by atoms with Gasteiger partial charge in [-0.1, -0.05) is 36.4 Å². The normalized spacial score (nSPS) is 14.3. The lowest BCUT2D eigenvalue weighted by Gasteiger charge is -2.26. The zero-order chi connectivity index (χ0) is 88.7. The monoisotopic (exact) mass is 1700 g/mol. The van der Waals surface area contributed by atoms with Crippen molar-refractivity contribution in [3.63, 3.8) is 0 Å². The van der Waals surface area contributed by atoms with Gasteiger partial charge in [0.2, 0.25) is 100 Å². The molecule has 0 saturated heterocycles. The molecule has 3 heterocycles. The molecule has 5 aromatic rings. The predicted octanol–water partition coefficient (Wildman–Crippen LogP) is -7.77. The molecule has 3 aromatic heterocycles. The number of rotatable bonds is 53. The summed E-state index contributed by atoms with van der Waals surface area (Å²) in [5.74, 6) is -15.7. The molecule has 17 amide bonds. The number of carbonyl (C=O) groups is 17. The summed E-state index contributed by atoms with van der Waals surface area (Å²) in [5, 5.41) is 59.4. The number of fused-ring (bicyclic) bond motifs is 2. The minimum Gasteiger partial charge on any atom is -0.394 e. The average Bonchev–Trinajstić information content (AvgIpc) is 1.66. The van der Waals surface area contributed by atoms with Crippen LogP contribution in [0.3, 0.4) is 0 Å². The number of hydrogen-bond acceptors (Lipinski definition) is 23. The van der Waals surface area contributed by atoms with Gasteiger partial charge in [-0.2, -0.15) is 12.6 Å². The first kappa shape index (κ1) is 97.8. The van der Waals surface area contributed by atoms with E-state index in [-0.39, 0.29) is 76.2 Å². The lowest BCUT2D eigenvalue weighted by Crippen LogP contribution is -2.61. The van der Waals surface area contributed by atoms with Crippen LogP contribution in [-0.4, -0.2) is 255 Å². The van der Waals surface area contributed by atoms with Crippen LogP contribution in [0.4, 0.5) is 0 Å². The fourth-order valence-electron chi connectivity index (χ4n) is 12.1. The molecule has 0 radical (unpaired) electrons. The molecule has 0 aliphatic heterocycles. The van der Waals surface area contributed by atoms with Crippen LogP contribution in [0.1, 0.15) is 116 Å². The van der Waals surface area contributed by atoms with Crippen LogP contribution in [-0.2, 0) is 101 Å². The molecule has 120 heavy (non-hydrogen) atoms. The Hall–Kier alpha value is -12.8. The number of benzene rings is 2. The largest absolute Gasteiger partial charge is 0.394 e. The van der Waals surface area contributed by atoms with Gasteiger partial charge >= 0.3 is 0 Å². The number of primary amides is 2. The van der Waals surface area contributed by atoms with Gasteiger partial charge in [0.25, 0.3) is 0 Å². The highest BCUT2D eigenvalue weighted by atomic mass is 32.1. The zero-order valence-corrected chi connectivity index (χ0v) is 68.1. The molecule has 0 spiro atoms. The highest BCUT2D eigenvalue weighted by Crippen LogP contribution is 2.22. The van der Waals surface area contributed by atoms with Crippen LogP contribution < -0.4 is 114 Å². The molecule has 0 aliphatic rings. The Morgan fingerprint density at radius 1 is 0.433 bits per heavy atom. The predicted molar refractivity (Wildman–Crippen MR) is 439 cm³/mol. The number of nitrogens with one attached hydrogen (secondary N) is 20. The molecule has 45 heteroatoms. The van der Waals surface area contributed by atoms with E-state index < -0.39 is 212 Å². The van der Waals surface area contributed by atoms with Crippen molar-refractivity contribution in [3.05, 3.63) is 90.3 Å². The number of nitrogens with two attached hydrogens (primary N) is 5. The number of aromatic amines is 3. The van der Waals surface area contributed by atoms with Gasteiger partial charge in [0.1, 0.15) is 78.5 Å². The van der Waals surface area contributed by atoms with Crippen molar-refractivity contribution in [1.82, 2.24) is 105 Å². The molecule has 5 rings (SSSR count). The zero-order valence-electron chi connectivity index (χ0n) is 67.2. The van der Waals surface area contributed by atoms with Crippen molar-refractivity contribution in [2.24, 2.45) is 28.7 Å². The fourth-order valence-corrected chi connectivity index (χ4v) is 12.4. The lowest BCUT2D eigenvalue weighted by molar-refractivity contribution is -0.135. The van der Waals surface area contributed by atoms with Gasteiger partial charge in [0.15, 0.2) is 5.96 Å². The topological polar surface area (TPSA) is 717 Å². The SMILES string of the molecule is CC(=O)N[C@@H](CCCCN)C(=O)N[C@@H](CCCNC(=N)N)C(=O)N[C@@H](C)C(=O)N[C@@H](CCCCN)C(=O)N[C@@H](CCC(N)=O)C(=O)N[C@@H](C)C(=O)NCC(=O)NCC(=O)N[C@@H](Cc1c[nH]c2ccccc12)C(=O)N[C@@H](CO)C(=O)N[C@@H](Cc1cnc[nH]1)C(=O)N[C@@H](Cc1c[nH]c2ccccc12)C(=O)N[C@@H](C)C(=O)N[C@@H](C)C(=O)N[C@@H](CS)C(N)=O. The Morgan fingerprint density at radius 2 is 0.825 bits per heavy atom. The van der Waals surface area contributed by atoms with E-state index in [1.807, 2.05) is 0 Å². The molecule has 44 nitrogen and oxygen atoms in total. The van der Waals surface area contributed by atoms with Crippen LogP contribution in [0.15, 0.2) is 73.4 Å². The number of para-hydroxylation sites is 2. The molecule has 0 saturated carbocycles. The smallest absolute Gasteiger partial charge is 0.245 e. The molecule has 656 valence electrons. The van der Waals surface area contributed by atoms with Crippen LogP contribution in [0.5, 0.6) is 0 Å². The first-order valence-electron chi connectivity index (χ1n) is 38.9. The summed E-state index contributed by atoms with van der Waals surface area (Å²) in [7, 11) is 0. The number of thiol groups is 1. The third kappa shape index (κ3) is 33.0. The molecular formula is C75H112N26O18S. The van der Waals surface area contributed by atoms with Gasteiger partial charge in [-0.15, -0.1) is 0 Å². The second-order valence-corrected chi connectivity index (χ2v) is 28.8. The molecule has 0 aliphatic carbocycles. The maximum absolute atomic E-state index is 14.7. The Balaban J connectivity index is 1.24. The quantitative estimate of drug-likeness (QED) is 0.00744. The maximum atomic E-state index is 14.7. The third-order valence-electron chi connectivity index (χ3n) is 18.8. The van der Waals surface area contributed by atoms with Crippen LogP contribution in [0.2, 0.25) is 0 Å². The average molecular weight is 1700 g/mol. The first-order valence-corrected chi connectivity index (χ1v) is 39.5. The van der Waals surface area contributed by atoms with Gasteiger partial charge in [-0.05, 0) is 122 Å². The lowest BCUT2D eigenvalue weighted by atomic mass is 10.0. The van der Waals surface area contributed by atoms with Crippen molar-refractivity contribution in [2.75, 3.05) is 45.1 Å². The van der Waals surface area contributed by atoms with E-state index in [1.165, 1.54) is 47.1 Å². The molecule has 13 atom stereocenters. The number of amides is 17. The second-order valence-electron chi connectivity index (χ2n) is 28.4. The Morgan fingerprint density at radius 3 is 1.29 bits per heavy atom. The minimum absolute atomic E-state index is 0.0254. The number of imidazole rings is 1. The van der Waals surface area contributed by atoms with E-state index in [2.05, 4.69) is 118 Å². The molecular weight excluding hydrogens is 1590 g/mol. The number of aliphatic hydroxyl groups is 1. The van der Waals surface area contributed by atoms with Crippen molar-refractivity contribution in [3.8, 4) is 0 Å². The van der Waals surface area contributed by atoms with E-state index in [0.717, 1.165) is 0 Å². The number of nitrogens with zero attached hydrogens (tertiary/aromatic N) is 1. The number of aromatic nitrogens is 4. The van der Waals surface area contributed by atoms with Gasteiger partial charge < -0.3 is 134 Å². The second kappa shape index (κ2) is 50.1. The number of unbranched alkanes of at least 4 members (excludes halogenated alkanes) is 2. The van der Waals surface area contributed by atoms with Gasteiger partial charge in [-0.25, -0.2) is 4.98 Å². The number of carbonyl (C=O) groups excluding carboxylic acids is 17. The number of H-pyrrole nitrogens is 3. The summed E-state index contributed by atoms with van der Waals surface area (Å²) in [5.41, 5.74) is 30.2. The van der Waals surface area contributed by atoms with Gasteiger partial charge in [0, 0.05) is 91.0 Å². The first-order chi connectivity index (χ1) is 57.1. The Labute approximate surface area is 695 Å². The van der Waals surface area contributed by atoms with E-state index in [9.17, 15) is 86.6 Å². The Kier molecular flexibility index (Phi) is 40.8.